The molecule has 0 spiro atoms. The number of rotatable bonds is 2. The summed E-state index contributed by atoms with van der Waals surface area (Å²) >= 11 is 0. The van der Waals surface area contributed by atoms with Gasteiger partial charge >= 0.3 is 0 Å². The molecular weight excluding hydrogens is 356 g/mol. The number of imidazole rings is 1. The third-order valence-electron chi connectivity index (χ3n) is 5.72. The zero-order valence-electron chi connectivity index (χ0n) is 15.8. The molecule has 1 fully saturated rings. The van der Waals surface area contributed by atoms with E-state index in [4.69, 9.17) is 4.74 Å². The van der Waals surface area contributed by atoms with Crippen molar-refractivity contribution in [1.82, 2.24) is 14.5 Å². The first-order valence-corrected chi connectivity index (χ1v) is 9.62. The number of benzene rings is 1. The number of carbonyl (C=O) groups is 1. The van der Waals surface area contributed by atoms with Gasteiger partial charge in [-0.1, -0.05) is 25.1 Å². The Labute approximate surface area is 163 Å². The van der Waals surface area contributed by atoms with Gasteiger partial charge in [0.05, 0.1) is 24.6 Å². The Kier molecular flexibility index (Phi) is 3.96. The highest BCUT2D eigenvalue weighted by Crippen LogP contribution is 2.38. The minimum absolute atomic E-state index is 0.0150. The van der Waals surface area contributed by atoms with Gasteiger partial charge in [0.1, 0.15) is 24.3 Å². The van der Waals surface area contributed by atoms with E-state index in [0.29, 0.717) is 32.0 Å². The molecule has 4 heterocycles. The van der Waals surface area contributed by atoms with Crippen molar-refractivity contribution in [2.24, 2.45) is 4.99 Å². The second-order valence-electron chi connectivity index (χ2n) is 7.48. The van der Waals surface area contributed by atoms with Crippen molar-refractivity contribution in [2.45, 2.75) is 25.4 Å². The fraction of sp³-hybridized carbons (Fsp3) is 0.381. The Hall–Kier alpha value is -2.77. The van der Waals surface area contributed by atoms with Crippen LogP contribution in [0.3, 0.4) is 0 Å². The third-order valence-corrected chi connectivity index (χ3v) is 5.72. The van der Waals surface area contributed by atoms with E-state index >= 15 is 0 Å². The lowest BCUT2D eigenvalue weighted by molar-refractivity contribution is -0.185. The predicted octanol–water partition coefficient (Wildman–Crippen LogP) is 1.35. The maximum atomic E-state index is 12.7. The monoisotopic (exact) mass is 378 g/mol. The molecule has 2 aromatic rings. The molecule has 0 aliphatic carbocycles. The van der Waals surface area contributed by atoms with Crippen LogP contribution in [0.4, 0.5) is 0 Å². The number of hydrogen-bond donors (Lipinski definition) is 1. The van der Waals surface area contributed by atoms with Gasteiger partial charge in [-0.2, -0.15) is 0 Å². The summed E-state index contributed by atoms with van der Waals surface area (Å²) < 4.78 is 7.13. The van der Waals surface area contributed by atoms with Crippen molar-refractivity contribution in [3.05, 3.63) is 59.2 Å². The second-order valence-corrected chi connectivity index (χ2v) is 7.48. The SMILES string of the molecule is CCc1cn(C2=NCC(=O)N3CCc4c(cccc4C4(O)COC4)C3=C2)cn1. The normalized spacial score (nSPS) is 20.5. The van der Waals surface area contributed by atoms with Gasteiger partial charge in [0, 0.05) is 24.4 Å². The number of fused-ring (bicyclic) bond motifs is 3. The van der Waals surface area contributed by atoms with Crippen LogP contribution in [0.25, 0.3) is 5.70 Å². The smallest absolute Gasteiger partial charge is 0.248 e. The number of aromatic nitrogens is 2. The maximum Gasteiger partial charge on any atom is 0.248 e. The molecule has 1 aromatic carbocycles. The van der Waals surface area contributed by atoms with Crippen molar-refractivity contribution < 1.29 is 14.6 Å². The van der Waals surface area contributed by atoms with Crippen LogP contribution in [0.15, 0.2) is 41.8 Å². The summed E-state index contributed by atoms with van der Waals surface area (Å²) in [6.07, 6.45) is 7.19. The quantitative estimate of drug-likeness (QED) is 0.856. The van der Waals surface area contributed by atoms with E-state index in [2.05, 4.69) is 16.9 Å². The maximum absolute atomic E-state index is 12.7. The first kappa shape index (κ1) is 17.3. The van der Waals surface area contributed by atoms with E-state index in [0.717, 1.165) is 34.5 Å². The number of allylic oxidation sites excluding steroid dienone is 1. The number of amides is 1. The zero-order valence-corrected chi connectivity index (χ0v) is 15.8. The van der Waals surface area contributed by atoms with Crippen LogP contribution >= 0.6 is 0 Å². The highest BCUT2D eigenvalue weighted by Gasteiger charge is 2.41. The summed E-state index contributed by atoms with van der Waals surface area (Å²) in [4.78, 5) is 23.4. The summed E-state index contributed by atoms with van der Waals surface area (Å²) in [6, 6.07) is 5.92. The minimum atomic E-state index is -0.930. The molecule has 7 heteroatoms. The van der Waals surface area contributed by atoms with E-state index in [1.165, 1.54) is 0 Å². The molecular formula is C21H22N4O3. The fourth-order valence-corrected chi connectivity index (χ4v) is 4.12. The lowest BCUT2D eigenvalue weighted by atomic mass is 9.82. The van der Waals surface area contributed by atoms with Gasteiger partial charge in [0.15, 0.2) is 0 Å². The molecule has 144 valence electrons. The van der Waals surface area contributed by atoms with Crippen molar-refractivity contribution in [3.8, 4) is 0 Å². The van der Waals surface area contributed by atoms with Gasteiger partial charge in [-0.25, -0.2) is 4.98 Å². The first-order chi connectivity index (χ1) is 13.6. The average Bonchev–Trinajstić information content (AvgIpc) is 3.10. The van der Waals surface area contributed by atoms with Crippen molar-refractivity contribution in [2.75, 3.05) is 26.3 Å². The van der Waals surface area contributed by atoms with Crippen molar-refractivity contribution in [3.63, 3.8) is 0 Å². The minimum Gasteiger partial charge on any atom is -0.380 e. The molecule has 0 saturated carbocycles. The summed E-state index contributed by atoms with van der Waals surface area (Å²) in [7, 11) is 0. The van der Waals surface area contributed by atoms with Crippen LogP contribution in [0.1, 0.15) is 29.3 Å². The summed E-state index contributed by atoms with van der Waals surface area (Å²) in [5, 5.41) is 10.8. The van der Waals surface area contributed by atoms with Crippen LogP contribution < -0.4 is 0 Å². The molecule has 0 atom stereocenters. The Balaban J connectivity index is 1.63. The lowest BCUT2D eigenvalue weighted by Crippen LogP contribution is -2.48. The van der Waals surface area contributed by atoms with Gasteiger partial charge in [-0.05, 0) is 24.0 Å². The number of ether oxygens (including phenoxy) is 1. The number of aryl methyl sites for hydroxylation is 1. The Morgan fingerprint density at radius 2 is 2.18 bits per heavy atom. The first-order valence-electron chi connectivity index (χ1n) is 9.62. The molecule has 1 N–H and O–H groups in total. The largest absolute Gasteiger partial charge is 0.380 e. The molecule has 1 aromatic heterocycles. The van der Waals surface area contributed by atoms with Crippen LogP contribution in [0.2, 0.25) is 0 Å². The van der Waals surface area contributed by atoms with Gasteiger partial charge in [0.2, 0.25) is 5.91 Å². The average molecular weight is 378 g/mol. The van der Waals surface area contributed by atoms with Crippen LogP contribution in [-0.4, -0.2) is 57.6 Å². The van der Waals surface area contributed by atoms with Crippen molar-refractivity contribution >= 4 is 17.4 Å². The van der Waals surface area contributed by atoms with Crippen LogP contribution in [0.5, 0.6) is 0 Å². The molecule has 1 amide bonds. The number of aliphatic imine (C=N–C) groups is 1. The summed E-state index contributed by atoms with van der Waals surface area (Å²) in [6.45, 7) is 3.37. The number of nitrogens with zero attached hydrogens (tertiary/aromatic N) is 4. The molecule has 1 saturated heterocycles. The lowest BCUT2D eigenvalue weighted by Gasteiger charge is -2.40. The van der Waals surface area contributed by atoms with Crippen molar-refractivity contribution in [1.29, 1.82) is 0 Å². The summed E-state index contributed by atoms with van der Waals surface area (Å²) in [5.41, 5.74) is 3.85. The number of aliphatic hydroxyl groups is 1. The molecule has 5 rings (SSSR count). The third kappa shape index (κ3) is 2.62. The Bertz CT molecular complexity index is 1020. The molecule has 7 nitrogen and oxygen atoms in total. The molecule has 28 heavy (non-hydrogen) atoms. The highest BCUT2D eigenvalue weighted by molar-refractivity contribution is 6.06. The zero-order chi connectivity index (χ0) is 19.3. The van der Waals surface area contributed by atoms with E-state index in [-0.39, 0.29) is 12.5 Å². The van der Waals surface area contributed by atoms with E-state index in [1.54, 1.807) is 6.33 Å². The molecule has 3 aliphatic rings. The highest BCUT2D eigenvalue weighted by atomic mass is 16.5. The molecule has 0 bridgehead atoms. The van der Waals surface area contributed by atoms with Gasteiger partial charge in [-0.15, -0.1) is 0 Å². The van der Waals surface area contributed by atoms with Gasteiger partial charge in [-0.3, -0.25) is 14.4 Å². The van der Waals surface area contributed by atoms with E-state index in [1.807, 2.05) is 39.9 Å². The van der Waals surface area contributed by atoms with Gasteiger partial charge in [0.25, 0.3) is 0 Å². The fourth-order valence-electron chi connectivity index (χ4n) is 4.12. The topological polar surface area (TPSA) is 80.0 Å². The van der Waals surface area contributed by atoms with Crippen LogP contribution in [0, 0.1) is 0 Å². The molecule has 0 unspecified atom stereocenters. The van der Waals surface area contributed by atoms with E-state index < -0.39 is 5.60 Å². The van der Waals surface area contributed by atoms with Gasteiger partial charge < -0.3 is 14.7 Å². The second kappa shape index (κ2) is 6.39. The molecule has 0 radical (unpaired) electrons. The Morgan fingerprint density at radius 1 is 1.32 bits per heavy atom. The number of hydrogen-bond acceptors (Lipinski definition) is 5. The molecule has 3 aliphatic heterocycles. The summed E-state index contributed by atoms with van der Waals surface area (Å²) in [5.74, 6) is 0.681. The Morgan fingerprint density at radius 3 is 2.89 bits per heavy atom. The predicted molar refractivity (Wildman–Crippen MR) is 104 cm³/mol. The van der Waals surface area contributed by atoms with Crippen LogP contribution in [-0.2, 0) is 28.0 Å². The standard InChI is InChI=1S/C21H22N4O3/c1-2-14-10-24(13-23-14)19-8-18-16-4-3-5-17(21(27)11-28-12-21)15(16)6-7-25(18)20(26)9-22-19/h3-5,8,10,13,27H,2,6-7,9,11-12H2,1H3. The van der Waals surface area contributed by atoms with E-state index in [9.17, 15) is 9.90 Å². The number of carbonyl (C=O) groups excluding carboxylic acids is 1.